The van der Waals surface area contributed by atoms with E-state index >= 15 is 0 Å². The summed E-state index contributed by atoms with van der Waals surface area (Å²) in [5.41, 5.74) is 7.52. The quantitative estimate of drug-likeness (QED) is 0.736. The van der Waals surface area contributed by atoms with Gasteiger partial charge in [-0.05, 0) is 12.0 Å². The molecule has 0 fully saturated rings. The summed E-state index contributed by atoms with van der Waals surface area (Å²) in [5.74, 6) is 0.196. The number of carbonyl (C=O) groups is 1. The number of ketones is 1. The minimum atomic E-state index is -3.47. The maximum Gasteiger partial charge on any atom is 0.260 e. The molecule has 0 amide bonds. The highest BCUT2D eigenvalue weighted by molar-refractivity contribution is 7.89. The molecule has 0 radical (unpaired) electrons. The van der Waals surface area contributed by atoms with Gasteiger partial charge in [0.2, 0.25) is 0 Å². The van der Waals surface area contributed by atoms with Crippen molar-refractivity contribution in [2.45, 2.75) is 25.0 Å². The maximum atomic E-state index is 11.5. The van der Waals surface area contributed by atoms with E-state index < -0.39 is 10.0 Å². The van der Waals surface area contributed by atoms with Crippen molar-refractivity contribution in [3.63, 3.8) is 0 Å². The predicted molar refractivity (Wildman–Crippen MR) is 64.7 cm³/mol. The number of hydrogen-bond donors (Lipinski definition) is 1. The predicted octanol–water partition coefficient (Wildman–Crippen LogP) is 0.355. The Labute approximate surface area is 102 Å². The third-order valence-electron chi connectivity index (χ3n) is 2.98. The van der Waals surface area contributed by atoms with E-state index in [1.54, 1.807) is 0 Å². The Morgan fingerprint density at radius 3 is 2.76 bits per heavy atom. The smallest absolute Gasteiger partial charge is 0.260 e. The average molecular weight is 270 g/mol. The number of Topliss-reactive ketones (excluding diaryl/α,β-unsaturated/α-hetero) is 1. The second-order valence-electron chi connectivity index (χ2n) is 4.22. The molecular weight excluding hydrogens is 260 g/mol. The van der Waals surface area contributed by atoms with Crippen LogP contribution in [0.2, 0.25) is 0 Å². The second kappa shape index (κ2) is 3.39. The van der Waals surface area contributed by atoms with Crippen molar-refractivity contribution in [2.24, 2.45) is 10.1 Å². The molecule has 1 aromatic rings. The van der Waals surface area contributed by atoms with E-state index in [-0.39, 0.29) is 17.4 Å². The Kier molecular flexibility index (Phi) is 2.18. The Bertz CT molecular complexity index is 655. The van der Waals surface area contributed by atoms with Gasteiger partial charge in [-0.25, -0.2) is 8.42 Å². The molecule has 1 aromatic heterocycles. The van der Waals surface area contributed by atoms with Crippen LogP contribution >= 0.6 is 11.3 Å². The Hall–Kier alpha value is -1.21. The number of amidine groups is 1. The number of fused-ring (bicyclic) bond motifs is 3. The van der Waals surface area contributed by atoms with Crippen molar-refractivity contribution < 1.29 is 13.2 Å². The highest BCUT2D eigenvalue weighted by Gasteiger charge is 2.31. The summed E-state index contributed by atoms with van der Waals surface area (Å²) in [6.45, 7) is 0. The van der Waals surface area contributed by atoms with Crippen LogP contribution in [0.5, 0.6) is 0 Å². The third kappa shape index (κ3) is 1.69. The fourth-order valence-corrected chi connectivity index (χ4v) is 5.10. The van der Waals surface area contributed by atoms with Crippen LogP contribution in [0.3, 0.4) is 0 Å². The molecule has 1 aliphatic heterocycles. The van der Waals surface area contributed by atoms with Crippen molar-refractivity contribution in [1.29, 1.82) is 0 Å². The van der Waals surface area contributed by atoms with Gasteiger partial charge in [-0.2, -0.15) is 0 Å². The van der Waals surface area contributed by atoms with Crippen molar-refractivity contribution in [1.82, 2.24) is 0 Å². The summed E-state index contributed by atoms with van der Waals surface area (Å²) in [5, 5.41) is 0. The second-order valence-corrected chi connectivity index (χ2v) is 7.04. The first kappa shape index (κ1) is 10.9. The van der Waals surface area contributed by atoms with Crippen molar-refractivity contribution >= 4 is 33.0 Å². The summed E-state index contributed by atoms with van der Waals surface area (Å²) in [6, 6.07) is 0. The van der Waals surface area contributed by atoms with E-state index in [4.69, 9.17) is 5.73 Å². The van der Waals surface area contributed by atoms with E-state index in [0.29, 0.717) is 19.3 Å². The maximum absolute atomic E-state index is 11.5. The molecule has 0 unspecified atom stereocenters. The van der Waals surface area contributed by atoms with Gasteiger partial charge in [0.1, 0.15) is 17.4 Å². The van der Waals surface area contributed by atoms with E-state index in [2.05, 4.69) is 4.40 Å². The molecule has 0 saturated carbocycles. The number of nitrogens with two attached hydrogens (primary N) is 1. The fraction of sp³-hybridized carbons (Fsp3) is 0.400. The Morgan fingerprint density at radius 1 is 1.24 bits per heavy atom. The third-order valence-corrected chi connectivity index (χ3v) is 5.53. The first-order valence-corrected chi connectivity index (χ1v) is 7.62. The molecule has 1 aliphatic carbocycles. The average Bonchev–Trinajstić information content (AvgIpc) is 2.52. The Morgan fingerprint density at radius 2 is 2.00 bits per heavy atom. The van der Waals surface area contributed by atoms with E-state index in [0.717, 1.165) is 20.9 Å². The molecule has 5 nitrogen and oxygen atoms in total. The van der Waals surface area contributed by atoms with Crippen LogP contribution in [0.4, 0.5) is 0 Å². The highest BCUT2D eigenvalue weighted by atomic mass is 32.2. The minimum absolute atomic E-state index is 0.0816. The van der Waals surface area contributed by atoms with Gasteiger partial charge in [0.15, 0.2) is 0 Å². The van der Waals surface area contributed by atoms with Gasteiger partial charge in [0.05, 0.1) is 0 Å². The van der Waals surface area contributed by atoms with Gasteiger partial charge in [-0.15, -0.1) is 15.7 Å². The lowest BCUT2D eigenvalue weighted by Gasteiger charge is -2.14. The molecule has 2 heterocycles. The van der Waals surface area contributed by atoms with Crippen LogP contribution < -0.4 is 5.73 Å². The molecule has 0 atom stereocenters. The summed E-state index contributed by atoms with van der Waals surface area (Å²) in [7, 11) is -3.47. The molecule has 2 aliphatic rings. The number of hydrogen-bond acceptors (Lipinski definition) is 5. The van der Waals surface area contributed by atoms with E-state index in [9.17, 15) is 13.2 Å². The van der Waals surface area contributed by atoms with Crippen molar-refractivity contribution in [3.8, 4) is 0 Å². The van der Waals surface area contributed by atoms with Crippen LogP contribution in [-0.2, 0) is 33.4 Å². The van der Waals surface area contributed by atoms with Gasteiger partial charge >= 0.3 is 0 Å². The molecule has 2 N–H and O–H groups in total. The fourth-order valence-electron chi connectivity index (χ4n) is 2.30. The zero-order chi connectivity index (χ0) is 12.2. The zero-order valence-electron chi connectivity index (χ0n) is 8.89. The van der Waals surface area contributed by atoms with Crippen LogP contribution in [0.15, 0.2) is 4.40 Å². The summed E-state index contributed by atoms with van der Waals surface area (Å²) in [6.07, 6.45) is 1.56. The van der Waals surface area contributed by atoms with Crippen molar-refractivity contribution in [2.75, 3.05) is 0 Å². The van der Waals surface area contributed by atoms with Gasteiger partial charge in [-0.3, -0.25) is 4.79 Å². The van der Waals surface area contributed by atoms with Crippen LogP contribution in [0.25, 0.3) is 0 Å². The van der Waals surface area contributed by atoms with Crippen LogP contribution in [-0.4, -0.2) is 20.0 Å². The number of rotatable bonds is 0. The monoisotopic (exact) mass is 270 g/mol. The number of sulfonamides is 1. The van der Waals surface area contributed by atoms with Gasteiger partial charge in [0.25, 0.3) is 10.0 Å². The SMILES string of the molecule is NC1=NS(=O)(=O)Cc2sc3c(c21)CCC(=O)C3. The van der Waals surface area contributed by atoms with Gasteiger partial charge < -0.3 is 5.73 Å². The molecule has 0 bridgehead atoms. The van der Waals surface area contributed by atoms with Gasteiger partial charge in [-0.1, -0.05) is 0 Å². The van der Waals surface area contributed by atoms with Crippen molar-refractivity contribution in [3.05, 3.63) is 20.9 Å². The van der Waals surface area contributed by atoms with Gasteiger partial charge in [0, 0.05) is 28.2 Å². The molecule has 3 rings (SSSR count). The number of thiophene rings is 1. The summed E-state index contributed by atoms with van der Waals surface area (Å²) in [4.78, 5) is 13.1. The zero-order valence-corrected chi connectivity index (χ0v) is 10.5. The summed E-state index contributed by atoms with van der Waals surface area (Å²) < 4.78 is 26.5. The molecule has 17 heavy (non-hydrogen) atoms. The lowest BCUT2D eigenvalue weighted by Crippen LogP contribution is -2.24. The lowest BCUT2D eigenvalue weighted by atomic mass is 9.94. The van der Waals surface area contributed by atoms with E-state index in [1.165, 1.54) is 11.3 Å². The molecular formula is C10H10N2O3S2. The molecule has 0 spiro atoms. The topological polar surface area (TPSA) is 89.6 Å². The lowest BCUT2D eigenvalue weighted by molar-refractivity contribution is -0.118. The molecule has 90 valence electrons. The molecule has 0 saturated heterocycles. The highest BCUT2D eigenvalue weighted by Crippen LogP contribution is 2.36. The molecule has 7 heteroatoms. The normalized spacial score (nSPS) is 21.6. The molecule has 0 aromatic carbocycles. The van der Waals surface area contributed by atoms with E-state index in [1.807, 2.05) is 0 Å². The van der Waals surface area contributed by atoms with Crippen LogP contribution in [0, 0.1) is 0 Å². The first-order chi connectivity index (χ1) is 7.96. The number of carbonyl (C=O) groups excluding carboxylic acids is 1. The number of nitrogens with zero attached hydrogens (tertiary/aromatic N) is 1. The summed E-state index contributed by atoms with van der Waals surface area (Å²) >= 11 is 1.39. The minimum Gasteiger partial charge on any atom is -0.382 e. The standard InChI is InChI=1S/C10H10N2O3S2/c11-10-9-6-2-1-5(13)3-7(6)16-8(9)4-17(14,15)12-10/h1-4H2,(H2,11,12). The largest absolute Gasteiger partial charge is 0.382 e. The first-order valence-electron chi connectivity index (χ1n) is 5.20. The Balaban J connectivity index is 2.21. The van der Waals surface area contributed by atoms with Crippen LogP contribution in [0.1, 0.15) is 27.3 Å².